The summed E-state index contributed by atoms with van der Waals surface area (Å²) in [4.78, 5) is 15.7. The van der Waals surface area contributed by atoms with Gasteiger partial charge in [0.15, 0.2) is 0 Å². The molecule has 0 radical (unpaired) electrons. The summed E-state index contributed by atoms with van der Waals surface area (Å²) in [5.74, 6) is -0.416. The number of amides is 1. The van der Waals surface area contributed by atoms with Crippen molar-refractivity contribution in [2.45, 2.75) is 18.9 Å². The van der Waals surface area contributed by atoms with E-state index in [1.807, 2.05) is 30.3 Å². The van der Waals surface area contributed by atoms with Crippen LogP contribution in [0.4, 0.5) is 4.39 Å². The van der Waals surface area contributed by atoms with Gasteiger partial charge in [-0.25, -0.2) is 4.98 Å². The van der Waals surface area contributed by atoms with Crippen molar-refractivity contribution in [1.82, 2.24) is 10.3 Å². The number of halogens is 1. The molecule has 1 aromatic carbocycles. The lowest BCUT2D eigenvalue weighted by Crippen LogP contribution is -2.30. The molecule has 3 nitrogen and oxygen atoms in total. The van der Waals surface area contributed by atoms with Gasteiger partial charge < -0.3 is 5.32 Å². The Morgan fingerprint density at radius 3 is 2.65 bits per heavy atom. The second-order valence-electron chi connectivity index (χ2n) is 5.07. The summed E-state index contributed by atoms with van der Waals surface area (Å²) in [6, 6.07) is 12.6. The van der Waals surface area contributed by atoms with E-state index in [-0.39, 0.29) is 11.9 Å². The number of hydrogen-bond acceptors (Lipinski definition) is 2. The van der Waals surface area contributed by atoms with Gasteiger partial charge in [0, 0.05) is 17.8 Å². The van der Waals surface area contributed by atoms with E-state index >= 15 is 0 Å². The molecule has 1 saturated carbocycles. The minimum Gasteiger partial charge on any atom is -0.345 e. The number of benzene rings is 1. The Labute approximate surface area is 116 Å². The fourth-order valence-electron chi connectivity index (χ4n) is 2.33. The van der Waals surface area contributed by atoms with Crippen molar-refractivity contribution in [3.05, 3.63) is 65.7 Å². The maximum Gasteiger partial charge on any atom is 0.251 e. The molecule has 1 atom stereocenters. The smallest absolute Gasteiger partial charge is 0.251 e. The Bertz CT molecular complexity index is 611. The highest BCUT2D eigenvalue weighted by Gasteiger charge is 2.33. The normalized spacial score (nSPS) is 15.7. The number of aromatic nitrogens is 1. The highest BCUT2D eigenvalue weighted by Crippen LogP contribution is 2.41. The lowest BCUT2D eigenvalue weighted by Gasteiger charge is -2.18. The van der Waals surface area contributed by atoms with Gasteiger partial charge in [-0.2, -0.15) is 4.39 Å². The lowest BCUT2D eigenvalue weighted by atomic mass is 10.0. The van der Waals surface area contributed by atoms with Crippen molar-refractivity contribution in [3.8, 4) is 0 Å². The van der Waals surface area contributed by atoms with Gasteiger partial charge in [0.05, 0.1) is 6.04 Å². The number of nitrogens with zero attached hydrogens (tertiary/aromatic N) is 1. The number of carbonyl (C=O) groups excluding carboxylic acids is 1. The molecule has 102 valence electrons. The summed E-state index contributed by atoms with van der Waals surface area (Å²) >= 11 is 0. The fourth-order valence-corrected chi connectivity index (χ4v) is 2.33. The van der Waals surface area contributed by atoms with E-state index in [0.717, 1.165) is 24.5 Å². The third kappa shape index (κ3) is 2.85. The number of hydrogen-bond donors (Lipinski definition) is 1. The van der Waals surface area contributed by atoms with Crippen LogP contribution >= 0.6 is 0 Å². The molecular weight excluding hydrogens is 255 g/mol. The van der Waals surface area contributed by atoms with E-state index in [1.165, 1.54) is 12.3 Å². The van der Waals surface area contributed by atoms with Crippen molar-refractivity contribution in [1.29, 1.82) is 0 Å². The lowest BCUT2D eigenvalue weighted by molar-refractivity contribution is 0.0931. The summed E-state index contributed by atoms with van der Waals surface area (Å²) in [6.45, 7) is 0. The Kier molecular flexibility index (Phi) is 3.46. The van der Waals surface area contributed by atoms with E-state index in [0.29, 0.717) is 11.5 Å². The van der Waals surface area contributed by atoms with Crippen LogP contribution in [0, 0.1) is 11.9 Å². The maximum atomic E-state index is 13.1. The molecule has 3 rings (SSSR count). The number of rotatable bonds is 4. The Balaban J connectivity index is 1.79. The van der Waals surface area contributed by atoms with Gasteiger partial charge in [0.1, 0.15) is 0 Å². The van der Waals surface area contributed by atoms with Crippen LogP contribution in [0.3, 0.4) is 0 Å². The first kappa shape index (κ1) is 12.8. The van der Waals surface area contributed by atoms with Crippen LogP contribution in [0.2, 0.25) is 0 Å². The molecule has 1 aromatic heterocycles. The van der Waals surface area contributed by atoms with E-state index in [1.54, 1.807) is 0 Å². The van der Waals surface area contributed by atoms with Crippen LogP contribution in [0.15, 0.2) is 48.7 Å². The van der Waals surface area contributed by atoms with Gasteiger partial charge in [-0.1, -0.05) is 30.3 Å². The number of carbonyl (C=O) groups is 1. The molecule has 1 unspecified atom stereocenters. The second kappa shape index (κ2) is 5.41. The Hall–Kier alpha value is -2.23. The van der Waals surface area contributed by atoms with Crippen molar-refractivity contribution in [3.63, 3.8) is 0 Å². The molecule has 1 N–H and O–H groups in total. The van der Waals surface area contributed by atoms with Crippen LogP contribution in [0.1, 0.15) is 34.8 Å². The van der Waals surface area contributed by atoms with E-state index in [4.69, 9.17) is 0 Å². The average molecular weight is 270 g/mol. The van der Waals surface area contributed by atoms with E-state index in [9.17, 15) is 9.18 Å². The maximum absolute atomic E-state index is 13.1. The molecule has 1 heterocycles. The minimum absolute atomic E-state index is 0.0000680. The first-order valence-electron chi connectivity index (χ1n) is 6.71. The van der Waals surface area contributed by atoms with Gasteiger partial charge in [-0.05, 0) is 30.4 Å². The fraction of sp³-hybridized carbons (Fsp3) is 0.250. The highest BCUT2D eigenvalue weighted by atomic mass is 19.1. The number of nitrogens with one attached hydrogen (secondary N) is 1. The standard InChI is InChI=1S/C16H15FN2O/c17-14-10-13(8-9-18-14)16(20)19-15(12-6-7-12)11-4-2-1-3-5-11/h1-5,8-10,12,15H,6-7H2,(H,19,20). The first-order valence-corrected chi connectivity index (χ1v) is 6.71. The third-order valence-corrected chi connectivity index (χ3v) is 3.53. The van der Waals surface area contributed by atoms with Crippen molar-refractivity contribution >= 4 is 5.91 Å². The molecule has 2 aromatic rings. The summed E-state index contributed by atoms with van der Waals surface area (Å²) in [7, 11) is 0. The van der Waals surface area contributed by atoms with Crippen LogP contribution in [-0.4, -0.2) is 10.9 Å². The van der Waals surface area contributed by atoms with Crippen LogP contribution in [0.5, 0.6) is 0 Å². The minimum atomic E-state index is -0.639. The van der Waals surface area contributed by atoms with Crippen LogP contribution in [0.25, 0.3) is 0 Å². The first-order chi connectivity index (χ1) is 9.74. The molecule has 4 heteroatoms. The molecule has 1 aliphatic carbocycles. The largest absolute Gasteiger partial charge is 0.345 e. The summed E-state index contributed by atoms with van der Waals surface area (Å²) in [5.41, 5.74) is 1.40. The summed E-state index contributed by atoms with van der Waals surface area (Å²) in [6.07, 6.45) is 3.54. The molecular formula is C16H15FN2O. The SMILES string of the molecule is O=C(NC(c1ccccc1)C1CC1)c1ccnc(F)c1. The summed E-state index contributed by atoms with van der Waals surface area (Å²) < 4.78 is 13.1. The predicted molar refractivity (Wildman–Crippen MR) is 73.6 cm³/mol. The molecule has 20 heavy (non-hydrogen) atoms. The topological polar surface area (TPSA) is 42.0 Å². The molecule has 0 aliphatic heterocycles. The van der Waals surface area contributed by atoms with Crippen LogP contribution in [-0.2, 0) is 0 Å². The third-order valence-electron chi connectivity index (χ3n) is 3.53. The van der Waals surface area contributed by atoms with Crippen molar-refractivity contribution < 1.29 is 9.18 Å². The van der Waals surface area contributed by atoms with E-state index in [2.05, 4.69) is 10.3 Å². The predicted octanol–water partition coefficient (Wildman–Crippen LogP) is 3.10. The highest BCUT2D eigenvalue weighted by molar-refractivity contribution is 5.94. The monoisotopic (exact) mass is 270 g/mol. The summed E-state index contributed by atoms with van der Waals surface area (Å²) in [5, 5.41) is 3.01. The van der Waals surface area contributed by atoms with Gasteiger partial charge in [0.25, 0.3) is 5.91 Å². The molecule has 1 aliphatic rings. The van der Waals surface area contributed by atoms with Gasteiger partial charge in [-0.15, -0.1) is 0 Å². The van der Waals surface area contributed by atoms with Gasteiger partial charge in [0.2, 0.25) is 5.95 Å². The Morgan fingerprint density at radius 1 is 1.25 bits per heavy atom. The number of pyridine rings is 1. The van der Waals surface area contributed by atoms with Crippen molar-refractivity contribution in [2.24, 2.45) is 5.92 Å². The molecule has 0 spiro atoms. The van der Waals surface area contributed by atoms with Crippen molar-refractivity contribution in [2.75, 3.05) is 0 Å². The molecule has 1 amide bonds. The zero-order valence-electron chi connectivity index (χ0n) is 10.9. The zero-order valence-corrected chi connectivity index (χ0v) is 10.9. The molecule has 1 fully saturated rings. The quantitative estimate of drug-likeness (QED) is 0.867. The zero-order chi connectivity index (χ0) is 13.9. The van der Waals surface area contributed by atoms with Gasteiger partial charge in [-0.3, -0.25) is 4.79 Å². The second-order valence-corrected chi connectivity index (χ2v) is 5.07. The molecule has 0 bridgehead atoms. The Morgan fingerprint density at radius 2 is 2.00 bits per heavy atom. The van der Waals surface area contributed by atoms with E-state index < -0.39 is 5.95 Å². The van der Waals surface area contributed by atoms with Gasteiger partial charge >= 0.3 is 0 Å². The van der Waals surface area contributed by atoms with Crippen LogP contribution < -0.4 is 5.32 Å². The molecule has 0 saturated heterocycles. The average Bonchev–Trinajstić information content (AvgIpc) is 3.30.